The van der Waals surface area contributed by atoms with Crippen molar-refractivity contribution in [2.75, 3.05) is 13.1 Å². The number of aryl methyl sites for hydroxylation is 1. The van der Waals surface area contributed by atoms with Gasteiger partial charge in [-0.1, -0.05) is 0 Å². The van der Waals surface area contributed by atoms with Gasteiger partial charge in [0.15, 0.2) is 0 Å². The molecule has 0 radical (unpaired) electrons. The van der Waals surface area contributed by atoms with Gasteiger partial charge in [-0.15, -0.1) is 0 Å². The van der Waals surface area contributed by atoms with Crippen LogP contribution in [0.25, 0.3) is 0 Å². The van der Waals surface area contributed by atoms with E-state index >= 15 is 0 Å². The molecule has 5 heteroatoms. The third-order valence-corrected chi connectivity index (χ3v) is 2.00. The third kappa shape index (κ3) is 0.883. The van der Waals surface area contributed by atoms with E-state index < -0.39 is 0 Å². The molecule has 0 amide bonds. The van der Waals surface area contributed by atoms with Gasteiger partial charge in [0, 0.05) is 20.1 Å². The average molecular weight is 154 g/mol. The molecule has 1 aliphatic heterocycles. The molecule has 1 aliphatic rings. The van der Waals surface area contributed by atoms with Crippen LogP contribution >= 0.6 is 0 Å². The lowest BCUT2D eigenvalue weighted by atomic mass is 10.2. The van der Waals surface area contributed by atoms with Gasteiger partial charge in [-0.3, -0.25) is 4.57 Å². The minimum absolute atomic E-state index is 0.0310. The number of aromatic nitrogens is 3. The second-order valence-electron chi connectivity index (χ2n) is 2.76. The van der Waals surface area contributed by atoms with E-state index in [2.05, 4.69) is 10.4 Å². The smallest absolute Gasteiger partial charge is 0.313 e. The molecule has 60 valence electrons. The summed E-state index contributed by atoms with van der Waals surface area (Å²) in [6.45, 7) is 1.76. The van der Waals surface area contributed by atoms with Gasteiger partial charge in [0.1, 0.15) is 6.33 Å². The van der Waals surface area contributed by atoms with Crippen molar-refractivity contribution in [2.24, 2.45) is 7.05 Å². The Morgan fingerprint density at radius 1 is 1.73 bits per heavy atom. The predicted octanol–water partition coefficient (Wildman–Crippen LogP) is -1.27. The van der Waals surface area contributed by atoms with Crippen LogP contribution < -0.4 is 11.0 Å². The molecule has 0 spiro atoms. The monoisotopic (exact) mass is 154 g/mol. The summed E-state index contributed by atoms with van der Waals surface area (Å²) in [6, 6.07) is 0.316. The minimum Gasteiger partial charge on any atom is -0.313 e. The summed E-state index contributed by atoms with van der Waals surface area (Å²) in [6.07, 6.45) is 1.59. The van der Waals surface area contributed by atoms with Crippen LogP contribution in [0.3, 0.4) is 0 Å². The number of nitrogens with one attached hydrogen (secondary N) is 1. The van der Waals surface area contributed by atoms with E-state index in [0.29, 0.717) is 6.04 Å². The van der Waals surface area contributed by atoms with Crippen LogP contribution in [0.15, 0.2) is 11.1 Å². The number of rotatable bonds is 1. The first kappa shape index (κ1) is 6.60. The van der Waals surface area contributed by atoms with Gasteiger partial charge in [0.2, 0.25) is 0 Å². The van der Waals surface area contributed by atoms with E-state index in [4.69, 9.17) is 0 Å². The molecule has 2 rings (SSSR count). The van der Waals surface area contributed by atoms with Crippen molar-refractivity contribution in [2.45, 2.75) is 6.04 Å². The highest BCUT2D eigenvalue weighted by Crippen LogP contribution is 2.06. The molecule has 1 N–H and O–H groups in total. The highest BCUT2D eigenvalue weighted by Gasteiger charge is 2.20. The molecule has 5 nitrogen and oxygen atoms in total. The van der Waals surface area contributed by atoms with E-state index in [1.807, 2.05) is 0 Å². The maximum Gasteiger partial charge on any atom is 0.345 e. The SMILES string of the molecule is Cn1ncn(C2CNC2)c1=O. The first-order valence-electron chi connectivity index (χ1n) is 3.60. The average Bonchev–Trinajstić information content (AvgIpc) is 2.15. The lowest BCUT2D eigenvalue weighted by Gasteiger charge is -2.26. The van der Waals surface area contributed by atoms with E-state index in [1.54, 1.807) is 17.9 Å². The molecule has 2 heterocycles. The van der Waals surface area contributed by atoms with Gasteiger partial charge in [0.05, 0.1) is 6.04 Å². The summed E-state index contributed by atoms with van der Waals surface area (Å²) in [5.74, 6) is 0. The second kappa shape index (κ2) is 2.20. The molecular formula is C6H10N4O. The normalized spacial score (nSPS) is 18.3. The first-order valence-corrected chi connectivity index (χ1v) is 3.60. The molecule has 0 saturated carbocycles. The Balaban J connectivity index is 2.37. The van der Waals surface area contributed by atoms with Crippen molar-refractivity contribution in [3.05, 3.63) is 16.8 Å². The third-order valence-electron chi connectivity index (χ3n) is 2.00. The molecular weight excluding hydrogens is 144 g/mol. The Morgan fingerprint density at radius 2 is 2.45 bits per heavy atom. The fraction of sp³-hybridized carbons (Fsp3) is 0.667. The number of nitrogens with zero attached hydrogens (tertiary/aromatic N) is 3. The summed E-state index contributed by atoms with van der Waals surface area (Å²) < 4.78 is 3.01. The van der Waals surface area contributed by atoms with E-state index in [-0.39, 0.29) is 5.69 Å². The van der Waals surface area contributed by atoms with Gasteiger partial charge < -0.3 is 5.32 Å². The van der Waals surface area contributed by atoms with Crippen LogP contribution in [0.4, 0.5) is 0 Å². The predicted molar refractivity (Wildman–Crippen MR) is 39.4 cm³/mol. The zero-order valence-electron chi connectivity index (χ0n) is 6.32. The minimum atomic E-state index is -0.0310. The van der Waals surface area contributed by atoms with Gasteiger partial charge in [-0.25, -0.2) is 9.48 Å². The van der Waals surface area contributed by atoms with Crippen molar-refractivity contribution in [3.8, 4) is 0 Å². The van der Waals surface area contributed by atoms with Crippen LogP contribution in [0.2, 0.25) is 0 Å². The molecule has 0 aliphatic carbocycles. The molecule has 1 aromatic rings. The summed E-state index contributed by atoms with van der Waals surface area (Å²) in [5.41, 5.74) is -0.0310. The molecule has 0 aromatic carbocycles. The summed E-state index contributed by atoms with van der Waals surface area (Å²) >= 11 is 0. The maximum absolute atomic E-state index is 11.2. The van der Waals surface area contributed by atoms with Crippen molar-refractivity contribution in [1.29, 1.82) is 0 Å². The fourth-order valence-corrected chi connectivity index (χ4v) is 1.12. The molecule has 1 aromatic heterocycles. The Bertz CT molecular complexity index is 309. The fourth-order valence-electron chi connectivity index (χ4n) is 1.12. The maximum atomic E-state index is 11.2. The molecule has 1 fully saturated rings. The highest BCUT2D eigenvalue weighted by molar-refractivity contribution is 4.84. The van der Waals surface area contributed by atoms with Crippen molar-refractivity contribution in [3.63, 3.8) is 0 Å². The number of hydrogen-bond acceptors (Lipinski definition) is 3. The van der Waals surface area contributed by atoms with Gasteiger partial charge in [-0.2, -0.15) is 5.10 Å². The van der Waals surface area contributed by atoms with Gasteiger partial charge >= 0.3 is 5.69 Å². The Morgan fingerprint density at radius 3 is 2.82 bits per heavy atom. The topological polar surface area (TPSA) is 51.9 Å². The lowest BCUT2D eigenvalue weighted by molar-refractivity contribution is 0.334. The molecule has 0 atom stereocenters. The van der Waals surface area contributed by atoms with E-state index in [0.717, 1.165) is 13.1 Å². The van der Waals surface area contributed by atoms with Crippen LogP contribution in [-0.2, 0) is 7.05 Å². The zero-order valence-corrected chi connectivity index (χ0v) is 6.32. The zero-order chi connectivity index (χ0) is 7.84. The van der Waals surface area contributed by atoms with Crippen molar-refractivity contribution in [1.82, 2.24) is 19.7 Å². The van der Waals surface area contributed by atoms with Crippen molar-refractivity contribution < 1.29 is 0 Å². The second-order valence-corrected chi connectivity index (χ2v) is 2.76. The Kier molecular flexibility index (Phi) is 1.32. The Labute approximate surface area is 63.6 Å². The van der Waals surface area contributed by atoms with Crippen LogP contribution in [0.1, 0.15) is 6.04 Å². The molecule has 11 heavy (non-hydrogen) atoms. The first-order chi connectivity index (χ1) is 5.29. The van der Waals surface area contributed by atoms with Gasteiger partial charge in [0.25, 0.3) is 0 Å². The molecule has 0 bridgehead atoms. The van der Waals surface area contributed by atoms with E-state index in [9.17, 15) is 4.79 Å². The molecule has 0 unspecified atom stereocenters. The summed E-state index contributed by atoms with van der Waals surface area (Å²) in [4.78, 5) is 11.2. The van der Waals surface area contributed by atoms with Crippen molar-refractivity contribution >= 4 is 0 Å². The van der Waals surface area contributed by atoms with Crippen LogP contribution in [0, 0.1) is 0 Å². The van der Waals surface area contributed by atoms with E-state index in [1.165, 1.54) is 4.68 Å². The standard InChI is InChI=1S/C6H10N4O/c1-9-6(11)10(4-8-9)5-2-7-3-5/h4-5,7H,2-3H2,1H3. The Hall–Kier alpha value is -1.10. The van der Waals surface area contributed by atoms with Gasteiger partial charge in [-0.05, 0) is 0 Å². The largest absolute Gasteiger partial charge is 0.345 e. The van der Waals surface area contributed by atoms with Crippen LogP contribution in [0.5, 0.6) is 0 Å². The molecule has 1 saturated heterocycles. The summed E-state index contributed by atoms with van der Waals surface area (Å²) in [5, 5.41) is 6.96. The highest BCUT2D eigenvalue weighted by atomic mass is 16.2. The summed E-state index contributed by atoms with van der Waals surface area (Å²) in [7, 11) is 1.66. The number of hydrogen-bond donors (Lipinski definition) is 1. The lowest BCUT2D eigenvalue weighted by Crippen LogP contribution is -2.46. The quantitative estimate of drug-likeness (QED) is 0.548. The van der Waals surface area contributed by atoms with Crippen LogP contribution in [-0.4, -0.2) is 27.4 Å².